The van der Waals surface area contributed by atoms with Crippen LogP contribution < -0.4 is 5.32 Å². The lowest BCUT2D eigenvalue weighted by Gasteiger charge is -2.29. The van der Waals surface area contributed by atoms with E-state index < -0.39 is 0 Å². The van der Waals surface area contributed by atoms with Crippen molar-refractivity contribution in [3.63, 3.8) is 0 Å². The summed E-state index contributed by atoms with van der Waals surface area (Å²) < 4.78 is 2.82. The lowest BCUT2D eigenvalue weighted by Crippen LogP contribution is -2.35. The van der Waals surface area contributed by atoms with E-state index in [1.165, 1.54) is 12.8 Å². The molecule has 3 rings (SSSR count). The first-order valence-corrected chi connectivity index (χ1v) is 8.55. The zero-order chi connectivity index (χ0) is 15.0. The van der Waals surface area contributed by atoms with Crippen LogP contribution in [0.1, 0.15) is 37.9 Å². The lowest BCUT2D eigenvalue weighted by molar-refractivity contribution is 0.334. The van der Waals surface area contributed by atoms with Crippen molar-refractivity contribution in [1.82, 2.24) is 14.9 Å². The molecule has 21 heavy (non-hydrogen) atoms. The van der Waals surface area contributed by atoms with E-state index in [1.807, 2.05) is 22.9 Å². The molecule has 0 aliphatic carbocycles. The number of nitrogens with one attached hydrogen (secondary N) is 1. The first-order chi connectivity index (χ1) is 10.1. The van der Waals surface area contributed by atoms with E-state index in [1.54, 1.807) is 6.33 Å². The minimum atomic E-state index is 0.301. The third-order valence-corrected chi connectivity index (χ3v) is 5.68. The Morgan fingerprint density at radius 2 is 2.10 bits per heavy atom. The molecule has 2 aromatic rings. The van der Waals surface area contributed by atoms with Gasteiger partial charge >= 0.3 is 0 Å². The van der Waals surface area contributed by atoms with Crippen molar-refractivity contribution in [2.24, 2.45) is 0 Å². The van der Waals surface area contributed by atoms with E-state index in [0.717, 1.165) is 22.3 Å². The SMILES string of the molecule is CC1CCCC(c2cncn2-c2ccc(Br)c(Cl)c2Cl)N1. The van der Waals surface area contributed by atoms with Crippen molar-refractivity contribution >= 4 is 39.1 Å². The monoisotopic (exact) mass is 387 g/mol. The highest BCUT2D eigenvalue weighted by Gasteiger charge is 2.23. The van der Waals surface area contributed by atoms with E-state index in [0.29, 0.717) is 22.1 Å². The third-order valence-electron chi connectivity index (χ3n) is 3.91. The summed E-state index contributed by atoms with van der Waals surface area (Å²) in [6, 6.07) is 4.69. The Morgan fingerprint density at radius 3 is 2.86 bits per heavy atom. The molecule has 112 valence electrons. The predicted octanol–water partition coefficient (Wildman–Crippen LogP) is 5.14. The number of nitrogens with zero attached hydrogens (tertiary/aromatic N) is 2. The van der Waals surface area contributed by atoms with Crippen LogP contribution >= 0.6 is 39.1 Å². The maximum Gasteiger partial charge on any atom is 0.0995 e. The van der Waals surface area contributed by atoms with E-state index in [2.05, 4.69) is 33.2 Å². The fraction of sp³-hybridized carbons (Fsp3) is 0.400. The van der Waals surface area contributed by atoms with E-state index >= 15 is 0 Å². The molecule has 1 N–H and O–H groups in total. The number of halogens is 3. The van der Waals surface area contributed by atoms with Gasteiger partial charge in [-0.1, -0.05) is 23.2 Å². The fourth-order valence-electron chi connectivity index (χ4n) is 2.84. The highest BCUT2D eigenvalue weighted by atomic mass is 79.9. The largest absolute Gasteiger partial charge is 0.306 e. The summed E-state index contributed by atoms with van der Waals surface area (Å²) in [5.74, 6) is 0. The molecule has 0 bridgehead atoms. The number of hydrogen-bond donors (Lipinski definition) is 1. The van der Waals surface area contributed by atoms with E-state index in [-0.39, 0.29) is 0 Å². The van der Waals surface area contributed by atoms with Gasteiger partial charge in [0.15, 0.2) is 0 Å². The van der Waals surface area contributed by atoms with Crippen LogP contribution in [0.2, 0.25) is 10.0 Å². The van der Waals surface area contributed by atoms with Gasteiger partial charge in [0.1, 0.15) is 0 Å². The molecular weight excluding hydrogens is 373 g/mol. The Bertz CT molecular complexity index is 656. The van der Waals surface area contributed by atoms with Gasteiger partial charge in [0.2, 0.25) is 0 Å². The minimum Gasteiger partial charge on any atom is -0.306 e. The summed E-state index contributed by atoms with van der Waals surface area (Å²) in [6.07, 6.45) is 7.25. The van der Waals surface area contributed by atoms with Gasteiger partial charge in [-0.15, -0.1) is 0 Å². The predicted molar refractivity (Wildman–Crippen MR) is 90.5 cm³/mol. The zero-order valence-corrected chi connectivity index (χ0v) is 14.7. The Balaban J connectivity index is 2.01. The van der Waals surface area contributed by atoms with Gasteiger partial charge in [-0.25, -0.2) is 4.98 Å². The maximum atomic E-state index is 6.40. The second-order valence-electron chi connectivity index (χ2n) is 5.43. The second-order valence-corrected chi connectivity index (χ2v) is 7.04. The van der Waals surface area contributed by atoms with Crippen molar-refractivity contribution in [2.75, 3.05) is 0 Å². The third kappa shape index (κ3) is 3.00. The molecule has 2 atom stereocenters. The number of hydrogen-bond acceptors (Lipinski definition) is 2. The smallest absolute Gasteiger partial charge is 0.0995 e. The summed E-state index contributed by atoms with van der Waals surface area (Å²) in [5.41, 5.74) is 1.99. The first-order valence-electron chi connectivity index (χ1n) is 7.00. The fourth-order valence-corrected chi connectivity index (χ4v) is 3.70. The Morgan fingerprint density at radius 1 is 1.29 bits per heavy atom. The Kier molecular flexibility index (Phi) is 4.60. The van der Waals surface area contributed by atoms with Gasteiger partial charge in [-0.2, -0.15) is 0 Å². The quantitative estimate of drug-likeness (QED) is 0.721. The van der Waals surface area contributed by atoms with Crippen LogP contribution in [-0.2, 0) is 0 Å². The lowest BCUT2D eigenvalue weighted by atomic mass is 9.97. The highest BCUT2D eigenvalue weighted by molar-refractivity contribution is 9.10. The molecule has 2 unspecified atom stereocenters. The Labute approximate surface area is 142 Å². The summed E-state index contributed by atoms with van der Waals surface area (Å²) in [5, 5.41) is 4.69. The van der Waals surface area contributed by atoms with Crippen LogP contribution in [0.5, 0.6) is 0 Å². The van der Waals surface area contributed by atoms with Gasteiger partial charge in [0, 0.05) is 16.6 Å². The molecule has 1 saturated heterocycles. The van der Waals surface area contributed by atoms with Gasteiger partial charge in [-0.05, 0) is 54.2 Å². The second kappa shape index (κ2) is 6.29. The Hall–Kier alpha value is -0.550. The summed E-state index contributed by atoms with van der Waals surface area (Å²) in [4.78, 5) is 4.30. The first kappa shape index (κ1) is 15.3. The highest BCUT2D eigenvalue weighted by Crippen LogP contribution is 2.36. The van der Waals surface area contributed by atoms with E-state index in [4.69, 9.17) is 23.2 Å². The van der Waals surface area contributed by atoms with Crippen LogP contribution in [0.25, 0.3) is 5.69 Å². The summed E-state index contributed by atoms with van der Waals surface area (Å²) in [7, 11) is 0. The standard InChI is InChI=1S/C15H16BrCl2N3/c1-9-3-2-4-11(20-9)13-7-19-8-21(13)12-6-5-10(16)14(17)15(12)18/h5-9,11,20H,2-4H2,1H3. The molecule has 1 aromatic heterocycles. The molecule has 1 fully saturated rings. The van der Waals surface area contributed by atoms with Crippen molar-refractivity contribution in [2.45, 2.75) is 38.3 Å². The van der Waals surface area contributed by atoms with Gasteiger partial charge < -0.3 is 9.88 Å². The number of imidazole rings is 1. The van der Waals surface area contributed by atoms with Gasteiger partial charge in [-0.3, -0.25) is 0 Å². The van der Waals surface area contributed by atoms with Crippen molar-refractivity contribution in [1.29, 1.82) is 0 Å². The van der Waals surface area contributed by atoms with Crippen LogP contribution in [0, 0.1) is 0 Å². The minimum absolute atomic E-state index is 0.301. The van der Waals surface area contributed by atoms with Crippen LogP contribution in [-0.4, -0.2) is 15.6 Å². The molecule has 1 aliphatic heterocycles. The molecule has 0 radical (unpaired) electrons. The molecule has 2 heterocycles. The van der Waals surface area contributed by atoms with Gasteiger partial charge in [0.05, 0.1) is 34.0 Å². The number of rotatable bonds is 2. The molecule has 0 amide bonds. The van der Waals surface area contributed by atoms with Crippen molar-refractivity contribution in [3.05, 3.63) is 44.9 Å². The molecule has 6 heteroatoms. The average Bonchev–Trinajstić information content (AvgIpc) is 2.94. The number of piperidine rings is 1. The topological polar surface area (TPSA) is 29.9 Å². The van der Waals surface area contributed by atoms with Crippen molar-refractivity contribution < 1.29 is 0 Å². The molecule has 3 nitrogen and oxygen atoms in total. The average molecular weight is 389 g/mol. The van der Waals surface area contributed by atoms with Crippen LogP contribution in [0.4, 0.5) is 0 Å². The van der Waals surface area contributed by atoms with Crippen LogP contribution in [0.15, 0.2) is 29.1 Å². The van der Waals surface area contributed by atoms with E-state index in [9.17, 15) is 0 Å². The molecule has 1 aromatic carbocycles. The summed E-state index contributed by atoms with van der Waals surface area (Å²) in [6.45, 7) is 2.22. The van der Waals surface area contributed by atoms with Crippen molar-refractivity contribution in [3.8, 4) is 5.69 Å². The number of benzene rings is 1. The zero-order valence-electron chi connectivity index (χ0n) is 11.6. The number of aromatic nitrogens is 2. The maximum absolute atomic E-state index is 6.40. The molecule has 1 aliphatic rings. The molecule has 0 saturated carbocycles. The molecule has 0 spiro atoms. The van der Waals surface area contributed by atoms with Gasteiger partial charge in [0.25, 0.3) is 0 Å². The van der Waals surface area contributed by atoms with Crippen LogP contribution in [0.3, 0.4) is 0 Å². The normalized spacial score (nSPS) is 22.5. The summed E-state index contributed by atoms with van der Waals surface area (Å²) >= 11 is 16.0. The molecular formula is C15H16BrCl2N3.